The Morgan fingerprint density at radius 2 is 2.14 bits per heavy atom. The molecule has 2 rings (SSSR count). The van der Waals surface area contributed by atoms with Crippen LogP contribution in [0.1, 0.15) is 23.8 Å². The van der Waals surface area contributed by atoms with Gasteiger partial charge in [-0.2, -0.15) is 0 Å². The quantitative estimate of drug-likeness (QED) is 0.797. The second-order valence-electron chi connectivity index (χ2n) is 4.34. The van der Waals surface area contributed by atoms with Crippen LogP contribution in [0.3, 0.4) is 0 Å². The van der Waals surface area contributed by atoms with Gasteiger partial charge in [0.05, 0.1) is 0 Å². The van der Waals surface area contributed by atoms with Gasteiger partial charge in [0.15, 0.2) is 17.8 Å². The van der Waals surface area contributed by atoms with Crippen molar-refractivity contribution in [2.45, 2.75) is 13.3 Å². The average Bonchev–Trinajstić information content (AvgIpc) is 2.97. The van der Waals surface area contributed by atoms with E-state index < -0.39 is 0 Å². The first kappa shape index (κ1) is 15.2. The molecular formula is C15H17FN2O3. The zero-order valence-corrected chi connectivity index (χ0v) is 11.8. The summed E-state index contributed by atoms with van der Waals surface area (Å²) in [7, 11) is 0. The Balaban J connectivity index is 1.99. The van der Waals surface area contributed by atoms with E-state index in [0.717, 1.165) is 6.42 Å². The number of oxazole rings is 1. The molecule has 21 heavy (non-hydrogen) atoms. The number of carbonyl (C=O) groups is 1. The van der Waals surface area contributed by atoms with Gasteiger partial charge in [0, 0.05) is 25.3 Å². The van der Waals surface area contributed by atoms with Crippen LogP contribution in [0.15, 0.2) is 35.1 Å². The summed E-state index contributed by atoms with van der Waals surface area (Å²) in [6.45, 7) is 3.67. The Morgan fingerprint density at radius 3 is 2.86 bits per heavy atom. The second-order valence-corrected chi connectivity index (χ2v) is 4.34. The first-order valence-corrected chi connectivity index (χ1v) is 6.77. The number of hydrogen-bond acceptors (Lipinski definition) is 4. The van der Waals surface area contributed by atoms with Crippen molar-refractivity contribution in [3.63, 3.8) is 0 Å². The van der Waals surface area contributed by atoms with Crippen LogP contribution in [0.4, 0.5) is 4.39 Å². The van der Waals surface area contributed by atoms with E-state index in [9.17, 15) is 9.18 Å². The molecule has 5 nitrogen and oxygen atoms in total. The third-order valence-corrected chi connectivity index (χ3v) is 2.84. The summed E-state index contributed by atoms with van der Waals surface area (Å²) in [5, 5.41) is 2.75. The van der Waals surface area contributed by atoms with Crippen molar-refractivity contribution in [3.05, 3.63) is 42.2 Å². The van der Waals surface area contributed by atoms with Crippen LogP contribution in [0.5, 0.6) is 0 Å². The summed E-state index contributed by atoms with van der Waals surface area (Å²) in [5.74, 6) is -0.336. The minimum Gasteiger partial charge on any atom is -0.443 e. The van der Waals surface area contributed by atoms with Gasteiger partial charge in [-0.3, -0.25) is 4.79 Å². The number of amides is 1. The molecule has 1 N–H and O–H groups in total. The van der Waals surface area contributed by atoms with Crippen LogP contribution in [-0.2, 0) is 4.74 Å². The van der Waals surface area contributed by atoms with E-state index in [1.165, 1.54) is 18.5 Å². The number of nitrogens with zero attached hydrogens (tertiary/aromatic N) is 1. The molecule has 1 aromatic carbocycles. The third-order valence-electron chi connectivity index (χ3n) is 2.84. The second kappa shape index (κ2) is 7.54. The highest BCUT2D eigenvalue weighted by molar-refractivity contribution is 5.97. The highest BCUT2D eigenvalue weighted by atomic mass is 19.1. The molecule has 0 aliphatic heterocycles. The van der Waals surface area contributed by atoms with Crippen molar-refractivity contribution < 1.29 is 18.3 Å². The number of hydrogen-bond donors (Lipinski definition) is 1. The van der Waals surface area contributed by atoms with Gasteiger partial charge in [0.1, 0.15) is 5.82 Å². The number of halogens is 1. The maximum Gasteiger partial charge on any atom is 0.273 e. The summed E-state index contributed by atoms with van der Waals surface area (Å²) in [5.41, 5.74) is 0.798. The van der Waals surface area contributed by atoms with Crippen molar-refractivity contribution in [3.8, 4) is 11.3 Å². The van der Waals surface area contributed by atoms with Gasteiger partial charge >= 0.3 is 0 Å². The zero-order chi connectivity index (χ0) is 15.1. The first-order chi connectivity index (χ1) is 10.2. The predicted octanol–water partition coefficient (Wildman–Crippen LogP) is 2.64. The highest BCUT2D eigenvalue weighted by Crippen LogP contribution is 2.23. The number of nitrogens with one attached hydrogen (secondary N) is 1. The van der Waals surface area contributed by atoms with Crippen molar-refractivity contribution in [1.82, 2.24) is 10.3 Å². The summed E-state index contributed by atoms with van der Waals surface area (Å²) < 4.78 is 23.3. The fourth-order valence-electron chi connectivity index (χ4n) is 1.82. The number of benzene rings is 1. The number of aromatic nitrogens is 1. The minimum absolute atomic E-state index is 0.193. The van der Waals surface area contributed by atoms with Gasteiger partial charge in [-0.25, -0.2) is 9.37 Å². The average molecular weight is 292 g/mol. The van der Waals surface area contributed by atoms with Crippen LogP contribution < -0.4 is 5.32 Å². The highest BCUT2D eigenvalue weighted by Gasteiger charge is 2.17. The summed E-state index contributed by atoms with van der Waals surface area (Å²) in [4.78, 5) is 16.0. The Labute approximate surface area is 122 Å². The van der Waals surface area contributed by atoms with Gasteiger partial charge in [-0.05, 0) is 37.6 Å². The topological polar surface area (TPSA) is 64.4 Å². The van der Waals surface area contributed by atoms with Crippen LogP contribution in [0.2, 0.25) is 0 Å². The minimum atomic E-state index is -0.347. The molecule has 1 aromatic heterocycles. The Hall–Kier alpha value is -2.21. The van der Waals surface area contributed by atoms with Gasteiger partial charge in [-0.15, -0.1) is 0 Å². The zero-order valence-electron chi connectivity index (χ0n) is 11.8. The fraction of sp³-hybridized carbons (Fsp3) is 0.333. The maximum atomic E-state index is 12.9. The Kier molecular flexibility index (Phi) is 5.45. The molecule has 2 aromatic rings. The fourth-order valence-corrected chi connectivity index (χ4v) is 1.82. The third kappa shape index (κ3) is 4.13. The van der Waals surface area contributed by atoms with E-state index in [0.29, 0.717) is 31.1 Å². The molecule has 0 fully saturated rings. The lowest BCUT2D eigenvalue weighted by molar-refractivity contribution is 0.0940. The molecule has 0 aliphatic rings. The van der Waals surface area contributed by atoms with E-state index in [2.05, 4.69) is 10.3 Å². The molecule has 112 valence electrons. The number of rotatable bonds is 7. The molecule has 1 heterocycles. The molecule has 0 spiro atoms. The van der Waals surface area contributed by atoms with E-state index in [1.807, 2.05) is 6.92 Å². The lowest BCUT2D eigenvalue weighted by atomic mass is 10.1. The molecule has 0 saturated heterocycles. The summed E-state index contributed by atoms with van der Waals surface area (Å²) >= 11 is 0. The van der Waals surface area contributed by atoms with Gasteiger partial charge < -0.3 is 14.5 Å². The van der Waals surface area contributed by atoms with E-state index in [-0.39, 0.29) is 17.4 Å². The van der Waals surface area contributed by atoms with Crippen LogP contribution in [0.25, 0.3) is 11.3 Å². The Bertz CT molecular complexity index is 581. The lowest BCUT2D eigenvalue weighted by Gasteiger charge is -2.05. The smallest absolute Gasteiger partial charge is 0.273 e. The molecule has 0 saturated carbocycles. The molecular weight excluding hydrogens is 275 g/mol. The largest absolute Gasteiger partial charge is 0.443 e. The molecule has 0 unspecified atom stereocenters. The van der Waals surface area contributed by atoms with Crippen molar-refractivity contribution in [1.29, 1.82) is 0 Å². The molecule has 0 aliphatic carbocycles. The van der Waals surface area contributed by atoms with Crippen molar-refractivity contribution in [2.75, 3.05) is 19.8 Å². The monoisotopic (exact) mass is 292 g/mol. The number of carbonyl (C=O) groups excluding carboxylic acids is 1. The Morgan fingerprint density at radius 1 is 1.38 bits per heavy atom. The normalized spacial score (nSPS) is 10.6. The van der Waals surface area contributed by atoms with Gasteiger partial charge in [0.2, 0.25) is 0 Å². The summed E-state index contributed by atoms with van der Waals surface area (Å²) in [6, 6.07) is 5.70. The molecule has 0 radical (unpaired) electrons. The first-order valence-electron chi connectivity index (χ1n) is 6.77. The van der Waals surface area contributed by atoms with Crippen molar-refractivity contribution >= 4 is 5.91 Å². The maximum absolute atomic E-state index is 12.9. The molecule has 6 heteroatoms. The molecule has 0 atom stereocenters. The van der Waals surface area contributed by atoms with E-state index >= 15 is 0 Å². The van der Waals surface area contributed by atoms with Crippen LogP contribution >= 0.6 is 0 Å². The molecule has 0 bridgehead atoms. The SMILES string of the molecule is CCOCCCNC(=O)c1ncoc1-c1ccc(F)cc1. The van der Waals surface area contributed by atoms with Gasteiger partial charge in [0.25, 0.3) is 5.91 Å². The van der Waals surface area contributed by atoms with E-state index in [4.69, 9.17) is 9.15 Å². The predicted molar refractivity (Wildman–Crippen MR) is 75.3 cm³/mol. The standard InChI is InChI=1S/C15H17FN2O3/c1-2-20-9-3-8-17-15(19)13-14(21-10-18-13)11-4-6-12(16)7-5-11/h4-7,10H,2-3,8-9H2,1H3,(H,17,19). The lowest BCUT2D eigenvalue weighted by Crippen LogP contribution is -2.26. The summed E-state index contributed by atoms with van der Waals surface area (Å²) in [6.07, 6.45) is 1.93. The molecule has 1 amide bonds. The van der Waals surface area contributed by atoms with Gasteiger partial charge in [-0.1, -0.05) is 0 Å². The van der Waals surface area contributed by atoms with Crippen LogP contribution in [-0.4, -0.2) is 30.6 Å². The van der Waals surface area contributed by atoms with Crippen LogP contribution in [0, 0.1) is 5.82 Å². The number of ether oxygens (including phenoxy) is 1. The van der Waals surface area contributed by atoms with E-state index in [1.54, 1.807) is 12.1 Å². The van der Waals surface area contributed by atoms with Crippen molar-refractivity contribution in [2.24, 2.45) is 0 Å².